The summed E-state index contributed by atoms with van der Waals surface area (Å²) >= 11 is 19.9. The Hall–Kier alpha value is 0.01000. The number of aryl methyl sites for hydroxylation is 1. The first-order valence-electron chi connectivity index (χ1n) is 6.88. The number of halogens is 5. The fourth-order valence-corrected chi connectivity index (χ4v) is 4.59. The molecule has 0 radical (unpaired) electrons. The fraction of sp³-hybridized carbons (Fsp3) is 0.200. The topological polar surface area (TPSA) is 50.9 Å². The molecular formula is C15H10Br4ClN3O. The summed E-state index contributed by atoms with van der Waals surface area (Å²) in [6.07, 6.45) is -0.0954. The zero-order valence-corrected chi connectivity index (χ0v) is 19.1. The minimum absolute atomic E-state index is 0.493. The second kappa shape index (κ2) is 7.72. The van der Waals surface area contributed by atoms with E-state index in [1.807, 2.05) is 12.1 Å². The minimum atomic E-state index is -0.596. The van der Waals surface area contributed by atoms with Crippen molar-refractivity contribution in [2.75, 3.05) is 0 Å². The van der Waals surface area contributed by atoms with Gasteiger partial charge in [-0.25, -0.2) is 0 Å². The largest absolute Gasteiger partial charge is 0.388 e. The monoisotopic (exact) mass is 599 g/mol. The Morgan fingerprint density at radius 1 is 0.917 bits per heavy atom. The average molecular weight is 603 g/mol. The maximum Gasteiger partial charge on any atom is 0.129 e. The smallest absolute Gasteiger partial charge is 0.129 e. The Bertz CT molecular complexity index is 853. The zero-order valence-electron chi connectivity index (χ0n) is 12.0. The van der Waals surface area contributed by atoms with Gasteiger partial charge >= 0.3 is 0 Å². The van der Waals surface area contributed by atoms with Crippen LogP contribution in [0.2, 0.25) is 5.02 Å². The summed E-state index contributed by atoms with van der Waals surface area (Å²) in [5, 5.41) is 20.0. The van der Waals surface area contributed by atoms with E-state index in [2.05, 4.69) is 73.9 Å². The van der Waals surface area contributed by atoms with Crippen LogP contribution < -0.4 is 0 Å². The van der Waals surface area contributed by atoms with E-state index in [1.165, 1.54) is 0 Å². The summed E-state index contributed by atoms with van der Waals surface area (Å²) in [7, 11) is 0. The van der Waals surface area contributed by atoms with Gasteiger partial charge in [-0.05, 0) is 87.8 Å². The van der Waals surface area contributed by atoms with Gasteiger partial charge < -0.3 is 5.11 Å². The van der Waals surface area contributed by atoms with Crippen LogP contribution in [0.15, 0.2) is 42.2 Å². The molecule has 1 atom stereocenters. The number of benzene rings is 2. The fourth-order valence-electron chi connectivity index (χ4n) is 2.23. The minimum Gasteiger partial charge on any atom is -0.388 e. The number of nitrogens with zero attached hydrogens (tertiary/aromatic N) is 3. The summed E-state index contributed by atoms with van der Waals surface area (Å²) in [5.74, 6) is 0. The third kappa shape index (κ3) is 3.73. The lowest BCUT2D eigenvalue weighted by Crippen LogP contribution is -2.07. The lowest BCUT2D eigenvalue weighted by atomic mass is 10.1. The lowest BCUT2D eigenvalue weighted by Gasteiger charge is -2.10. The van der Waals surface area contributed by atoms with Crippen LogP contribution in [0.1, 0.15) is 18.1 Å². The highest BCUT2D eigenvalue weighted by Crippen LogP contribution is 2.42. The quantitative estimate of drug-likeness (QED) is 0.283. The molecular weight excluding hydrogens is 593 g/mol. The van der Waals surface area contributed by atoms with Crippen LogP contribution in [0, 0.1) is 0 Å². The first-order valence-corrected chi connectivity index (χ1v) is 10.4. The van der Waals surface area contributed by atoms with Crippen molar-refractivity contribution < 1.29 is 5.11 Å². The molecule has 126 valence electrons. The maximum absolute atomic E-state index is 10.3. The predicted molar refractivity (Wildman–Crippen MR) is 109 cm³/mol. The Kier molecular flexibility index (Phi) is 6.04. The summed E-state index contributed by atoms with van der Waals surface area (Å²) in [6, 6.07) is 7.18. The number of rotatable bonds is 4. The maximum atomic E-state index is 10.3. The van der Waals surface area contributed by atoms with Crippen LogP contribution in [-0.4, -0.2) is 20.1 Å². The van der Waals surface area contributed by atoms with Crippen molar-refractivity contribution in [2.45, 2.75) is 19.1 Å². The van der Waals surface area contributed by atoms with E-state index in [1.54, 1.807) is 16.9 Å². The number of hydrogen-bond donors (Lipinski definition) is 1. The Balaban J connectivity index is 1.82. The Morgan fingerprint density at radius 2 is 1.42 bits per heavy atom. The van der Waals surface area contributed by atoms with Crippen LogP contribution >= 0.6 is 75.3 Å². The standard InChI is InChI=1S/C15H10Br4ClN3O/c16-10-11(17)13(19)15-14(12(10)18)21-23(22-15)6-5-9(24)7-1-3-8(20)4-2-7/h1-4,9,24H,5-6H2. The summed E-state index contributed by atoms with van der Waals surface area (Å²) in [5.41, 5.74) is 2.32. The highest BCUT2D eigenvalue weighted by Gasteiger charge is 2.18. The van der Waals surface area contributed by atoms with E-state index >= 15 is 0 Å². The molecule has 3 rings (SSSR count). The van der Waals surface area contributed by atoms with E-state index in [0.717, 1.165) is 34.5 Å². The molecule has 0 saturated carbocycles. The molecule has 4 nitrogen and oxygen atoms in total. The van der Waals surface area contributed by atoms with Crippen molar-refractivity contribution in [3.63, 3.8) is 0 Å². The van der Waals surface area contributed by atoms with E-state index in [-0.39, 0.29) is 0 Å². The van der Waals surface area contributed by atoms with E-state index < -0.39 is 6.10 Å². The van der Waals surface area contributed by atoms with Crippen molar-refractivity contribution in [3.05, 3.63) is 52.7 Å². The van der Waals surface area contributed by atoms with Crippen LogP contribution in [0.4, 0.5) is 0 Å². The van der Waals surface area contributed by atoms with Crippen molar-refractivity contribution in [1.82, 2.24) is 15.0 Å². The molecule has 0 fully saturated rings. The normalized spacial score (nSPS) is 12.8. The van der Waals surface area contributed by atoms with Crippen LogP contribution in [0.5, 0.6) is 0 Å². The summed E-state index contributed by atoms with van der Waals surface area (Å²) in [6.45, 7) is 0.493. The zero-order chi connectivity index (χ0) is 17.4. The van der Waals surface area contributed by atoms with Crippen molar-refractivity contribution in [1.29, 1.82) is 0 Å². The summed E-state index contributed by atoms with van der Waals surface area (Å²) < 4.78 is 3.40. The molecule has 0 aliphatic rings. The first kappa shape index (κ1) is 18.8. The van der Waals surface area contributed by atoms with Crippen molar-refractivity contribution >= 4 is 86.4 Å². The van der Waals surface area contributed by atoms with Crippen LogP contribution in [-0.2, 0) is 6.54 Å². The summed E-state index contributed by atoms with van der Waals surface area (Å²) in [4.78, 5) is 1.60. The second-order valence-electron chi connectivity index (χ2n) is 5.11. The third-order valence-corrected chi connectivity index (χ3v) is 8.48. The number of aliphatic hydroxyl groups excluding tert-OH is 1. The van der Waals surface area contributed by atoms with Gasteiger partial charge in [0.2, 0.25) is 0 Å². The molecule has 0 aliphatic heterocycles. The van der Waals surface area contributed by atoms with E-state index in [9.17, 15) is 5.11 Å². The number of aromatic nitrogens is 3. The van der Waals surface area contributed by atoms with Gasteiger partial charge in [-0.15, -0.1) is 0 Å². The van der Waals surface area contributed by atoms with Gasteiger partial charge in [0, 0.05) is 14.0 Å². The molecule has 0 spiro atoms. The Labute approximate surface area is 177 Å². The highest BCUT2D eigenvalue weighted by atomic mass is 79.9. The molecule has 1 aromatic heterocycles. The highest BCUT2D eigenvalue weighted by molar-refractivity contribution is 9.15. The lowest BCUT2D eigenvalue weighted by molar-refractivity contribution is 0.157. The van der Waals surface area contributed by atoms with Gasteiger partial charge in [0.25, 0.3) is 0 Å². The number of hydrogen-bond acceptors (Lipinski definition) is 3. The second-order valence-corrected chi connectivity index (χ2v) is 8.71. The molecule has 9 heteroatoms. The van der Waals surface area contributed by atoms with Crippen molar-refractivity contribution in [2.24, 2.45) is 0 Å². The molecule has 3 aromatic rings. The van der Waals surface area contributed by atoms with Gasteiger partial charge in [0.15, 0.2) is 0 Å². The average Bonchev–Trinajstić information content (AvgIpc) is 3.01. The van der Waals surface area contributed by atoms with E-state index in [4.69, 9.17) is 11.6 Å². The molecule has 0 saturated heterocycles. The SMILES string of the molecule is OC(CCn1nc2c(Br)c(Br)c(Br)c(Br)c2n1)c1ccc(Cl)cc1. The molecule has 0 bridgehead atoms. The van der Waals surface area contributed by atoms with Gasteiger partial charge in [-0.3, -0.25) is 0 Å². The molecule has 1 N–H and O–H groups in total. The molecule has 2 aromatic carbocycles. The van der Waals surface area contributed by atoms with Gasteiger partial charge in [0.05, 0.1) is 21.6 Å². The van der Waals surface area contributed by atoms with E-state index in [0.29, 0.717) is 18.0 Å². The van der Waals surface area contributed by atoms with Crippen molar-refractivity contribution in [3.8, 4) is 0 Å². The number of aliphatic hydroxyl groups is 1. The molecule has 24 heavy (non-hydrogen) atoms. The predicted octanol–water partition coefficient (Wildman–Crippen LogP) is 6.26. The molecule has 1 heterocycles. The molecule has 1 unspecified atom stereocenters. The van der Waals surface area contributed by atoms with Gasteiger partial charge in [-0.2, -0.15) is 15.0 Å². The van der Waals surface area contributed by atoms with Crippen LogP contribution in [0.25, 0.3) is 11.0 Å². The van der Waals surface area contributed by atoms with Gasteiger partial charge in [-0.1, -0.05) is 23.7 Å². The molecule has 0 amide bonds. The van der Waals surface area contributed by atoms with Gasteiger partial charge in [0.1, 0.15) is 11.0 Å². The Morgan fingerprint density at radius 3 is 1.92 bits per heavy atom. The molecule has 0 aliphatic carbocycles. The third-order valence-electron chi connectivity index (χ3n) is 3.51. The van der Waals surface area contributed by atoms with Crippen LogP contribution in [0.3, 0.4) is 0 Å². The number of fused-ring (bicyclic) bond motifs is 1. The first-order chi connectivity index (χ1) is 11.4.